The summed E-state index contributed by atoms with van der Waals surface area (Å²) in [6, 6.07) is 0. The van der Waals surface area contributed by atoms with Gasteiger partial charge >= 0.3 is 0 Å². The van der Waals surface area contributed by atoms with Crippen LogP contribution in [0.4, 0.5) is 0 Å². The summed E-state index contributed by atoms with van der Waals surface area (Å²) >= 11 is 3.57. The molecule has 0 fully saturated rings. The van der Waals surface area contributed by atoms with Crippen LogP contribution in [-0.4, -0.2) is 4.83 Å². The summed E-state index contributed by atoms with van der Waals surface area (Å²) in [7, 11) is 0. The quantitative estimate of drug-likeness (QED) is 0.603. The van der Waals surface area contributed by atoms with Crippen molar-refractivity contribution in [1.82, 2.24) is 0 Å². The molecule has 0 heterocycles. The van der Waals surface area contributed by atoms with Crippen LogP contribution in [0.3, 0.4) is 0 Å². The largest absolute Gasteiger partial charge is 0.0894 e. The molecule has 0 aliphatic rings. The van der Waals surface area contributed by atoms with Gasteiger partial charge in [0.1, 0.15) is 0 Å². The minimum atomic E-state index is 0.460. The lowest BCUT2D eigenvalue weighted by Crippen LogP contribution is -2.19. The molecule has 10 heavy (non-hydrogen) atoms. The molecule has 0 aliphatic heterocycles. The molecule has 0 radical (unpaired) electrons. The average Bonchev–Trinajstić information content (AvgIpc) is 1.60. The second-order valence-electron chi connectivity index (χ2n) is 4.28. The van der Waals surface area contributed by atoms with E-state index in [0.29, 0.717) is 10.2 Å². The van der Waals surface area contributed by atoms with Crippen LogP contribution in [0, 0.1) is 11.3 Å². The molecule has 0 saturated carbocycles. The van der Waals surface area contributed by atoms with Gasteiger partial charge in [-0.1, -0.05) is 50.5 Å². The number of halogens is 1. The highest BCUT2D eigenvalue weighted by Gasteiger charge is 2.20. The average molecular weight is 207 g/mol. The van der Waals surface area contributed by atoms with Crippen LogP contribution in [0.1, 0.15) is 41.0 Å². The van der Waals surface area contributed by atoms with E-state index in [1.54, 1.807) is 0 Å². The predicted molar refractivity (Wildman–Crippen MR) is 51.6 cm³/mol. The first-order valence-corrected chi connectivity index (χ1v) is 4.89. The van der Waals surface area contributed by atoms with E-state index in [4.69, 9.17) is 0 Å². The Morgan fingerprint density at radius 2 is 1.60 bits per heavy atom. The van der Waals surface area contributed by atoms with Crippen molar-refractivity contribution < 1.29 is 0 Å². The SMILES string of the molecule is CC(Br)CC(C)C(C)(C)C. The van der Waals surface area contributed by atoms with Gasteiger partial charge in [-0.3, -0.25) is 0 Å². The Labute approximate surface area is 73.5 Å². The maximum atomic E-state index is 3.57. The second-order valence-corrected chi connectivity index (χ2v) is 5.85. The third kappa shape index (κ3) is 4.32. The molecular weight excluding hydrogens is 188 g/mol. The molecule has 2 unspecified atom stereocenters. The molecule has 0 bridgehead atoms. The van der Waals surface area contributed by atoms with Gasteiger partial charge < -0.3 is 0 Å². The van der Waals surface area contributed by atoms with Crippen molar-refractivity contribution in [1.29, 1.82) is 0 Å². The third-order valence-electron chi connectivity index (χ3n) is 2.16. The first-order chi connectivity index (χ1) is 4.34. The number of alkyl halides is 1. The fourth-order valence-corrected chi connectivity index (χ4v) is 1.40. The molecule has 0 aliphatic carbocycles. The molecule has 0 nitrogen and oxygen atoms in total. The predicted octanol–water partition coefficient (Wildman–Crippen LogP) is 3.84. The molecule has 0 aromatic heterocycles. The zero-order chi connectivity index (χ0) is 8.36. The van der Waals surface area contributed by atoms with Gasteiger partial charge in [-0.25, -0.2) is 0 Å². The number of rotatable bonds is 2. The van der Waals surface area contributed by atoms with E-state index >= 15 is 0 Å². The Morgan fingerprint density at radius 1 is 1.20 bits per heavy atom. The maximum Gasteiger partial charge on any atom is 0.0120 e. The van der Waals surface area contributed by atoms with Crippen molar-refractivity contribution in [2.45, 2.75) is 45.9 Å². The summed E-state index contributed by atoms with van der Waals surface area (Å²) in [5.41, 5.74) is 0.460. The van der Waals surface area contributed by atoms with Gasteiger partial charge in [0.05, 0.1) is 0 Å². The fraction of sp³-hybridized carbons (Fsp3) is 1.00. The van der Waals surface area contributed by atoms with E-state index in [1.165, 1.54) is 6.42 Å². The van der Waals surface area contributed by atoms with Gasteiger partial charge in [0, 0.05) is 4.83 Å². The van der Waals surface area contributed by atoms with E-state index in [9.17, 15) is 0 Å². The van der Waals surface area contributed by atoms with Gasteiger partial charge in [0.15, 0.2) is 0 Å². The fourth-order valence-electron chi connectivity index (χ4n) is 0.841. The summed E-state index contributed by atoms with van der Waals surface area (Å²) in [6.07, 6.45) is 1.27. The Morgan fingerprint density at radius 3 is 1.70 bits per heavy atom. The van der Waals surface area contributed by atoms with Crippen LogP contribution in [0.25, 0.3) is 0 Å². The normalized spacial score (nSPS) is 18.6. The molecule has 1 heteroatoms. The van der Waals surface area contributed by atoms with Gasteiger partial charge in [-0.2, -0.15) is 0 Å². The summed E-state index contributed by atoms with van der Waals surface area (Å²) in [5.74, 6) is 0.793. The minimum Gasteiger partial charge on any atom is -0.0894 e. The molecule has 0 aromatic carbocycles. The molecule has 0 N–H and O–H groups in total. The van der Waals surface area contributed by atoms with Gasteiger partial charge in [-0.05, 0) is 17.8 Å². The highest BCUT2D eigenvalue weighted by atomic mass is 79.9. The van der Waals surface area contributed by atoms with Gasteiger partial charge in [-0.15, -0.1) is 0 Å². The summed E-state index contributed by atoms with van der Waals surface area (Å²) in [5, 5.41) is 0. The second kappa shape index (κ2) is 3.75. The van der Waals surface area contributed by atoms with Gasteiger partial charge in [0.25, 0.3) is 0 Å². The van der Waals surface area contributed by atoms with Crippen LogP contribution in [0.15, 0.2) is 0 Å². The molecule has 0 rings (SSSR count). The standard InChI is InChI=1S/C9H19Br/c1-7(6-8(2)10)9(3,4)5/h7-8H,6H2,1-5H3. The summed E-state index contributed by atoms with van der Waals surface area (Å²) < 4.78 is 0. The zero-order valence-corrected chi connectivity index (χ0v) is 9.33. The van der Waals surface area contributed by atoms with Crippen LogP contribution >= 0.6 is 15.9 Å². The molecule has 0 aromatic rings. The maximum absolute atomic E-state index is 3.57. The van der Waals surface area contributed by atoms with Crippen molar-refractivity contribution >= 4 is 15.9 Å². The molecular formula is C9H19Br. The van der Waals surface area contributed by atoms with Crippen LogP contribution in [-0.2, 0) is 0 Å². The highest BCUT2D eigenvalue weighted by molar-refractivity contribution is 9.09. The Hall–Kier alpha value is 0.480. The molecule has 0 spiro atoms. The zero-order valence-electron chi connectivity index (χ0n) is 7.74. The topological polar surface area (TPSA) is 0 Å². The Balaban J connectivity index is 3.73. The van der Waals surface area contributed by atoms with Crippen molar-refractivity contribution in [3.8, 4) is 0 Å². The smallest absolute Gasteiger partial charge is 0.0120 e. The summed E-state index contributed by atoms with van der Waals surface area (Å²) in [4.78, 5) is 0.654. The van der Waals surface area contributed by atoms with Gasteiger partial charge in [0.2, 0.25) is 0 Å². The lowest BCUT2D eigenvalue weighted by molar-refractivity contribution is 0.248. The number of hydrogen-bond donors (Lipinski definition) is 0. The third-order valence-corrected chi connectivity index (χ3v) is 2.53. The number of hydrogen-bond acceptors (Lipinski definition) is 0. The first kappa shape index (κ1) is 10.5. The van der Waals surface area contributed by atoms with E-state index in [0.717, 1.165) is 5.92 Å². The van der Waals surface area contributed by atoms with Crippen molar-refractivity contribution in [2.75, 3.05) is 0 Å². The van der Waals surface area contributed by atoms with E-state index in [-0.39, 0.29) is 0 Å². The Bertz CT molecular complexity index is 89.4. The Kier molecular flexibility index (Phi) is 3.93. The van der Waals surface area contributed by atoms with Crippen molar-refractivity contribution in [3.63, 3.8) is 0 Å². The molecule has 2 atom stereocenters. The molecule has 0 saturated heterocycles. The lowest BCUT2D eigenvalue weighted by Gasteiger charge is -2.28. The van der Waals surface area contributed by atoms with E-state index in [1.807, 2.05) is 0 Å². The van der Waals surface area contributed by atoms with Crippen LogP contribution < -0.4 is 0 Å². The monoisotopic (exact) mass is 206 g/mol. The van der Waals surface area contributed by atoms with E-state index < -0.39 is 0 Å². The minimum absolute atomic E-state index is 0.460. The molecule has 0 amide bonds. The first-order valence-electron chi connectivity index (χ1n) is 3.98. The summed E-state index contributed by atoms with van der Waals surface area (Å²) in [6.45, 7) is 11.4. The van der Waals surface area contributed by atoms with Crippen molar-refractivity contribution in [3.05, 3.63) is 0 Å². The van der Waals surface area contributed by atoms with Crippen LogP contribution in [0.5, 0.6) is 0 Å². The highest BCUT2D eigenvalue weighted by Crippen LogP contribution is 2.30. The lowest BCUT2D eigenvalue weighted by atomic mass is 9.80. The van der Waals surface area contributed by atoms with E-state index in [2.05, 4.69) is 50.5 Å². The van der Waals surface area contributed by atoms with Crippen molar-refractivity contribution in [2.24, 2.45) is 11.3 Å². The molecule has 62 valence electrons. The van der Waals surface area contributed by atoms with Crippen LogP contribution in [0.2, 0.25) is 0 Å².